The normalized spacial score (nSPS) is 11.1. The number of nitrogens with one attached hydrogen (secondary N) is 2. The zero-order valence-electron chi connectivity index (χ0n) is 17.2. The third-order valence-corrected chi connectivity index (χ3v) is 7.60. The molecule has 31 heavy (non-hydrogen) atoms. The lowest BCUT2D eigenvalue weighted by Crippen LogP contribution is -2.13. The molecule has 4 rings (SSSR count). The first kappa shape index (κ1) is 21.6. The van der Waals surface area contributed by atoms with E-state index in [1.807, 2.05) is 56.3 Å². The fourth-order valence-electron chi connectivity index (χ4n) is 3.31. The van der Waals surface area contributed by atoms with Gasteiger partial charge in [0.15, 0.2) is 0 Å². The van der Waals surface area contributed by atoms with E-state index in [0.717, 1.165) is 21.7 Å². The average molecular weight is 470 g/mol. The summed E-state index contributed by atoms with van der Waals surface area (Å²) in [7, 11) is 0. The molecule has 1 amide bonds. The quantitative estimate of drug-likeness (QED) is 0.346. The number of hydrogen-bond acceptors (Lipinski definition) is 5. The molecule has 0 saturated carbocycles. The van der Waals surface area contributed by atoms with Gasteiger partial charge in [-0.3, -0.25) is 9.59 Å². The maximum atomic E-state index is 12.9. The van der Waals surface area contributed by atoms with Crippen LogP contribution in [0.15, 0.2) is 52.2 Å². The second-order valence-corrected chi connectivity index (χ2v) is 9.66. The lowest BCUT2D eigenvalue weighted by molar-refractivity contribution is 0.103. The van der Waals surface area contributed by atoms with Crippen molar-refractivity contribution in [3.8, 4) is 0 Å². The van der Waals surface area contributed by atoms with Gasteiger partial charge in [-0.1, -0.05) is 41.4 Å². The van der Waals surface area contributed by atoms with Crippen LogP contribution in [0.2, 0.25) is 5.02 Å². The number of nitrogens with zero attached hydrogens (tertiary/aromatic N) is 1. The summed E-state index contributed by atoms with van der Waals surface area (Å²) in [6.45, 7) is 5.74. The highest BCUT2D eigenvalue weighted by Gasteiger charge is 2.20. The number of aromatic amines is 1. The van der Waals surface area contributed by atoms with E-state index in [-0.39, 0.29) is 11.5 Å². The van der Waals surface area contributed by atoms with Gasteiger partial charge in [-0.15, -0.1) is 23.1 Å². The largest absolute Gasteiger partial charge is 0.321 e. The number of thioether (sulfide) groups is 1. The number of benzene rings is 2. The van der Waals surface area contributed by atoms with Crippen molar-refractivity contribution in [2.75, 3.05) is 5.32 Å². The van der Waals surface area contributed by atoms with Crippen LogP contribution in [0.4, 0.5) is 5.69 Å². The second kappa shape index (κ2) is 8.86. The highest BCUT2D eigenvalue weighted by molar-refractivity contribution is 7.98. The van der Waals surface area contributed by atoms with Gasteiger partial charge in [0.2, 0.25) is 0 Å². The maximum Gasteiger partial charge on any atom is 0.266 e. The Balaban J connectivity index is 1.62. The predicted molar refractivity (Wildman–Crippen MR) is 130 cm³/mol. The van der Waals surface area contributed by atoms with Crippen LogP contribution in [-0.2, 0) is 5.75 Å². The molecule has 8 heteroatoms. The fourth-order valence-corrected chi connectivity index (χ4v) is 5.52. The van der Waals surface area contributed by atoms with Crippen molar-refractivity contribution in [2.45, 2.75) is 31.4 Å². The smallest absolute Gasteiger partial charge is 0.266 e. The number of carbonyl (C=O) groups is 1. The van der Waals surface area contributed by atoms with E-state index in [4.69, 9.17) is 11.6 Å². The van der Waals surface area contributed by atoms with Crippen molar-refractivity contribution in [1.82, 2.24) is 9.97 Å². The molecule has 2 heterocycles. The molecular weight excluding hydrogens is 450 g/mol. The van der Waals surface area contributed by atoms with Crippen LogP contribution in [0.3, 0.4) is 0 Å². The minimum absolute atomic E-state index is 0.237. The summed E-state index contributed by atoms with van der Waals surface area (Å²) in [6.07, 6.45) is 0. The first-order valence-corrected chi connectivity index (χ1v) is 11.8. The summed E-state index contributed by atoms with van der Waals surface area (Å²) in [5, 5.41) is 4.08. The van der Waals surface area contributed by atoms with Crippen molar-refractivity contribution in [2.24, 2.45) is 0 Å². The third-order valence-electron chi connectivity index (χ3n) is 4.89. The van der Waals surface area contributed by atoms with Crippen LogP contribution in [0.25, 0.3) is 10.2 Å². The number of rotatable bonds is 5. The summed E-state index contributed by atoms with van der Waals surface area (Å²) in [4.78, 5) is 35.1. The Labute approximate surface area is 192 Å². The Kier molecular flexibility index (Phi) is 6.18. The van der Waals surface area contributed by atoms with Gasteiger partial charge in [-0.05, 0) is 50.1 Å². The molecule has 0 aliphatic rings. The average Bonchev–Trinajstić information content (AvgIpc) is 3.06. The number of anilines is 1. The van der Waals surface area contributed by atoms with Gasteiger partial charge >= 0.3 is 0 Å². The standard InChI is InChI=1S/C23H20ClN3O2S2/c1-12-8-9-16(13(2)10-12)25-22(29)20-14(3)19-21(28)26-18(27-23(19)31-20)11-30-17-7-5-4-6-15(17)24/h4-10H,11H2,1-3H3,(H,25,29)(H,26,27,28). The zero-order chi connectivity index (χ0) is 22.1. The minimum Gasteiger partial charge on any atom is -0.321 e. The molecule has 4 aromatic rings. The SMILES string of the molecule is Cc1ccc(NC(=O)c2sc3nc(CSc4ccccc4Cl)[nH]c(=O)c3c2C)c(C)c1. The van der Waals surface area contributed by atoms with Gasteiger partial charge in [0.05, 0.1) is 21.0 Å². The molecule has 2 aromatic carbocycles. The Morgan fingerprint density at radius 1 is 1.19 bits per heavy atom. The predicted octanol–water partition coefficient (Wildman–Crippen LogP) is 6.11. The van der Waals surface area contributed by atoms with Gasteiger partial charge in [0.25, 0.3) is 11.5 Å². The van der Waals surface area contributed by atoms with Gasteiger partial charge in [-0.2, -0.15) is 0 Å². The number of aryl methyl sites for hydroxylation is 3. The number of H-pyrrole nitrogens is 1. The number of thiophene rings is 1. The molecule has 0 atom stereocenters. The number of carbonyl (C=O) groups excluding carboxylic acids is 1. The van der Waals surface area contributed by atoms with Crippen molar-refractivity contribution in [3.63, 3.8) is 0 Å². The highest BCUT2D eigenvalue weighted by Crippen LogP contribution is 2.31. The number of hydrogen-bond donors (Lipinski definition) is 2. The second-order valence-electron chi connectivity index (χ2n) is 7.24. The van der Waals surface area contributed by atoms with E-state index in [9.17, 15) is 9.59 Å². The molecule has 0 saturated heterocycles. The van der Waals surface area contributed by atoms with Gasteiger partial charge < -0.3 is 10.3 Å². The number of amides is 1. The van der Waals surface area contributed by atoms with Crippen LogP contribution in [0.5, 0.6) is 0 Å². The van der Waals surface area contributed by atoms with Crippen LogP contribution in [0.1, 0.15) is 32.2 Å². The first-order valence-electron chi connectivity index (χ1n) is 9.61. The summed E-state index contributed by atoms with van der Waals surface area (Å²) in [5.41, 5.74) is 3.28. The van der Waals surface area contributed by atoms with E-state index < -0.39 is 0 Å². The molecule has 0 aliphatic heterocycles. The van der Waals surface area contributed by atoms with Crippen molar-refractivity contribution < 1.29 is 4.79 Å². The molecule has 0 unspecified atom stereocenters. The molecule has 158 valence electrons. The third kappa shape index (κ3) is 4.54. The van der Waals surface area contributed by atoms with Crippen molar-refractivity contribution >= 4 is 56.5 Å². The molecule has 2 aromatic heterocycles. The molecule has 0 fully saturated rings. The number of fused-ring (bicyclic) bond motifs is 1. The number of halogens is 1. The first-order chi connectivity index (χ1) is 14.8. The van der Waals surface area contributed by atoms with Crippen LogP contribution >= 0.6 is 34.7 Å². The van der Waals surface area contributed by atoms with E-state index in [1.165, 1.54) is 23.1 Å². The Bertz CT molecular complexity index is 1360. The van der Waals surface area contributed by atoms with Gasteiger partial charge in [0.1, 0.15) is 10.7 Å². The van der Waals surface area contributed by atoms with Crippen LogP contribution in [-0.4, -0.2) is 15.9 Å². The maximum absolute atomic E-state index is 12.9. The van der Waals surface area contributed by atoms with Gasteiger partial charge in [-0.25, -0.2) is 4.98 Å². The minimum atomic E-state index is -0.237. The molecule has 2 N–H and O–H groups in total. The zero-order valence-corrected chi connectivity index (χ0v) is 19.6. The summed E-state index contributed by atoms with van der Waals surface area (Å²) >= 11 is 8.94. The van der Waals surface area contributed by atoms with E-state index in [2.05, 4.69) is 15.3 Å². The van der Waals surface area contributed by atoms with E-state index >= 15 is 0 Å². The summed E-state index contributed by atoms with van der Waals surface area (Å²) in [6, 6.07) is 13.4. The number of aromatic nitrogens is 2. The molecule has 0 aliphatic carbocycles. The van der Waals surface area contributed by atoms with Crippen molar-refractivity contribution in [3.05, 3.63) is 85.2 Å². The Morgan fingerprint density at radius 3 is 2.71 bits per heavy atom. The monoisotopic (exact) mass is 469 g/mol. The molecule has 5 nitrogen and oxygen atoms in total. The van der Waals surface area contributed by atoms with Crippen LogP contribution < -0.4 is 10.9 Å². The molecule has 0 spiro atoms. The molecule has 0 radical (unpaired) electrons. The lowest BCUT2D eigenvalue weighted by Gasteiger charge is -2.08. The van der Waals surface area contributed by atoms with E-state index in [1.54, 1.807) is 6.92 Å². The fraction of sp³-hybridized carbons (Fsp3) is 0.174. The van der Waals surface area contributed by atoms with Crippen molar-refractivity contribution in [1.29, 1.82) is 0 Å². The highest BCUT2D eigenvalue weighted by atomic mass is 35.5. The molecule has 0 bridgehead atoms. The molecular formula is C23H20ClN3O2S2. The topological polar surface area (TPSA) is 74.8 Å². The summed E-state index contributed by atoms with van der Waals surface area (Å²) in [5.74, 6) is 0.777. The van der Waals surface area contributed by atoms with Gasteiger partial charge in [0, 0.05) is 10.6 Å². The van der Waals surface area contributed by atoms with E-state index in [0.29, 0.717) is 37.3 Å². The lowest BCUT2D eigenvalue weighted by atomic mass is 10.1. The summed E-state index contributed by atoms with van der Waals surface area (Å²) < 4.78 is 0. The Hall–Kier alpha value is -2.61. The van der Waals surface area contributed by atoms with Crippen LogP contribution in [0, 0.1) is 20.8 Å². The Morgan fingerprint density at radius 2 is 1.97 bits per heavy atom.